The van der Waals surface area contributed by atoms with Crippen molar-refractivity contribution in [2.45, 2.75) is 44.6 Å². The van der Waals surface area contributed by atoms with Crippen molar-refractivity contribution in [2.24, 2.45) is 4.99 Å². The zero-order valence-electron chi connectivity index (χ0n) is 18.0. The van der Waals surface area contributed by atoms with Gasteiger partial charge in [-0.05, 0) is 43.2 Å². The average molecular weight is 458 g/mol. The summed E-state index contributed by atoms with van der Waals surface area (Å²) in [6.07, 6.45) is -0.913. The average Bonchev–Trinajstić information content (AvgIpc) is 3.13. The molecule has 0 unspecified atom stereocenters. The normalized spacial score (nSPS) is 20.4. The summed E-state index contributed by atoms with van der Waals surface area (Å²) in [6.45, 7) is 4.33. The number of hydrogen-bond donors (Lipinski definition) is 1. The molecular weight excluding hydrogens is 436 g/mol. The summed E-state index contributed by atoms with van der Waals surface area (Å²) in [7, 11) is 0. The summed E-state index contributed by atoms with van der Waals surface area (Å²) >= 11 is 0. The van der Waals surface area contributed by atoms with E-state index in [1.165, 1.54) is 30.5 Å². The van der Waals surface area contributed by atoms with Crippen LogP contribution >= 0.6 is 0 Å². The molecule has 5 nitrogen and oxygen atoms in total. The van der Waals surface area contributed by atoms with Crippen molar-refractivity contribution in [3.8, 4) is 0 Å². The fourth-order valence-electron chi connectivity index (χ4n) is 4.15. The van der Waals surface area contributed by atoms with E-state index in [0.717, 1.165) is 12.5 Å². The summed E-state index contributed by atoms with van der Waals surface area (Å²) in [6, 6.07) is 10.7. The number of aromatic nitrogens is 2. The molecule has 2 atom stereocenters. The molecular formula is C24H22F4N4O. The molecule has 33 heavy (non-hydrogen) atoms. The summed E-state index contributed by atoms with van der Waals surface area (Å²) < 4.78 is 54.5. The van der Waals surface area contributed by atoms with Gasteiger partial charge in [-0.15, -0.1) is 0 Å². The van der Waals surface area contributed by atoms with Gasteiger partial charge in [-0.2, -0.15) is 13.2 Å². The Morgan fingerprint density at radius 2 is 1.76 bits per heavy atom. The predicted octanol–water partition coefficient (Wildman–Crippen LogP) is 4.49. The van der Waals surface area contributed by atoms with Gasteiger partial charge in [-0.3, -0.25) is 14.8 Å². The third kappa shape index (κ3) is 4.15. The molecule has 1 aliphatic heterocycles. The second kappa shape index (κ2) is 8.46. The van der Waals surface area contributed by atoms with E-state index in [0.29, 0.717) is 29.1 Å². The van der Waals surface area contributed by atoms with Crippen molar-refractivity contribution in [1.29, 1.82) is 0 Å². The van der Waals surface area contributed by atoms with Crippen LogP contribution in [0.2, 0.25) is 0 Å². The Hall–Kier alpha value is -3.49. The van der Waals surface area contributed by atoms with Crippen molar-refractivity contribution >= 4 is 5.84 Å². The Labute approximate surface area is 187 Å². The Kier molecular flexibility index (Phi) is 5.82. The van der Waals surface area contributed by atoms with Gasteiger partial charge in [0, 0.05) is 36.1 Å². The fraction of sp³-hybridized carbons (Fsp3) is 0.292. The molecule has 1 aromatic carbocycles. The lowest BCUT2D eigenvalue weighted by atomic mass is 9.79. The SMILES string of the molecule is CCCn1cc(C2=N[C@@H](C)[C@@](c3ccc(F)cc3)(c3ccc(C(F)(F)F)nc3)N2)ccc1=O. The molecule has 0 bridgehead atoms. The quantitative estimate of drug-likeness (QED) is 0.573. The number of aliphatic imine (C=N–C) groups is 1. The molecule has 1 aliphatic rings. The van der Waals surface area contributed by atoms with Gasteiger partial charge in [0.25, 0.3) is 5.56 Å². The van der Waals surface area contributed by atoms with Crippen LogP contribution in [0.15, 0.2) is 70.7 Å². The molecule has 0 amide bonds. The van der Waals surface area contributed by atoms with E-state index in [9.17, 15) is 22.4 Å². The number of benzene rings is 1. The summed E-state index contributed by atoms with van der Waals surface area (Å²) in [5.74, 6) is 0.0504. The number of amidine groups is 1. The summed E-state index contributed by atoms with van der Waals surface area (Å²) in [5, 5.41) is 3.36. The number of nitrogens with zero attached hydrogens (tertiary/aromatic N) is 3. The van der Waals surface area contributed by atoms with Gasteiger partial charge in [0.1, 0.15) is 22.9 Å². The number of aryl methyl sites for hydroxylation is 1. The van der Waals surface area contributed by atoms with E-state index < -0.39 is 29.3 Å². The topological polar surface area (TPSA) is 59.3 Å². The number of alkyl halides is 3. The molecule has 3 heterocycles. The molecule has 0 aliphatic carbocycles. The number of hydrogen-bond acceptors (Lipinski definition) is 4. The maximum absolute atomic E-state index is 13.7. The van der Waals surface area contributed by atoms with E-state index in [1.807, 2.05) is 13.8 Å². The van der Waals surface area contributed by atoms with Gasteiger partial charge >= 0.3 is 6.18 Å². The summed E-state index contributed by atoms with van der Waals surface area (Å²) in [5.41, 5.74) is -0.471. The first-order valence-electron chi connectivity index (χ1n) is 10.5. The van der Waals surface area contributed by atoms with Crippen LogP contribution in [0.5, 0.6) is 0 Å². The molecule has 9 heteroatoms. The van der Waals surface area contributed by atoms with Crippen LogP contribution < -0.4 is 10.9 Å². The first kappa shape index (κ1) is 22.7. The number of pyridine rings is 2. The van der Waals surface area contributed by atoms with Gasteiger partial charge in [-0.1, -0.05) is 25.1 Å². The molecule has 0 spiro atoms. The van der Waals surface area contributed by atoms with E-state index in [4.69, 9.17) is 4.99 Å². The molecule has 172 valence electrons. The second-order valence-corrected chi connectivity index (χ2v) is 7.97. The first-order valence-corrected chi connectivity index (χ1v) is 10.5. The van der Waals surface area contributed by atoms with Crippen LogP contribution in [0, 0.1) is 5.82 Å². The predicted molar refractivity (Wildman–Crippen MR) is 117 cm³/mol. The number of rotatable bonds is 5. The second-order valence-electron chi connectivity index (χ2n) is 7.97. The minimum atomic E-state index is -4.56. The highest BCUT2D eigenvalue weighted by Crippen LogP contribution is 2.39. The van der Waals surface area contributed by atoms with Crippen molar-refractivity contribution in [3.63, 3.8) is 0 Å². The molecule has 3 aromatic rings. The third-order valence-electron chi connectivity index (χ3n) is 5.80. The molecule has 1 N–H and O–H groups in total. The monoisotopic (exact) mass is 458 g/mol. The lowest BCUT2D eigenvalue weighted by Crippen LogP contribution is -2.48. The highest BCUT2D eigenvalue weighted by molar-refractivity contribution is 6.01. The number of nitrogens with one attached hydrogen (secondary N) is 1. The maximum Gasteiger partial charge on any atom is 0.433 e. The third-order valence-corrected chi connectivity index (χ3v) is 5.80. The van der Waals surface area contributed by atoms with Crippen LogP contribution in [0.25, 0.3) is 0 Å². The Balaban J connectivity index is 1.81. The highest BCUT2D eigenvalue weighted by Gasteiger charge is 2.46. The van der Waals surface area contributed by atoms with E-state index in [-0.39, 0.29) is 5.56 Å². The van der Waals surface area contributed by atoms with Crippen molar-refractivity contribution < 1.29 is 17.6 Å². The Morgan fingerprint density at radius 1 is 1.06 bits per heavy atom. The summed E-state index contributed by atoms with van der Waals surface area (Å²) in [4.78, 5) is 20.5. The van der Waals surface area contributed by atoms with Crippen LogP contribution in [-0.2, 0) is 18.3 Å². The lowest BCUT2D eigenvalue weighted by molar-refractivity contribution is -0.141. The Bertz CT molecular complexity index is 1230. The maximum atomic E-state index is 13.7. The van der Waals surface area contributed by atoms with Gasteiger partial charge in [0.2, 0.25) is 0 Å². The fourth-order valence-corrected chi connectivity index (χ4v) is 4.15. The highest BCUT2D eigenvalue weighted by atomic mass is 19.4. The zero-order chi connectivity index (χ0) is 23.8. The molecule has 4 rings (SSSR count). The van der Waals surface area contributed by atoms with Gasteiger partial charge in [0.15, 0.2) is 0 Å². The first-order chi connectivity index (χ1) is 15.6. The van der Waals surface area contributed by atoms with Crippen LogP contribution in [0.1, 0.15) is 42.7 Å². The largest absolute Gasteiger partial charge is 0.433 e. The molecule has 0 radical (unpaired) electrons. The molecule has 0 saturated heterocycles. The van der Waals surface area contributed by atoms with Crippen molar-refractivity contribution in [1.82, 2.24) is 14.9 Å². The number of halogens is 4. The van der Waals surface area contributed by atoms with Crippen LogP contribution in [0.3, 0.4) is 0 Å². The van der Waals surface area contributed by atoms with Crippen LogP contribution in [-0.4, -0.2) is 21.4 Å². The molecule has 2 aromatic heterocycles. The smallest absolute Gasteiger partial charge is 0.354 e. The molecule has 0 fully saturated rings. The lowest BCUT2D eigenvalue weighted by Gasteiger charge is -2.35. The standard InChI is InChI=1S/C24H22F4N4O/c1-3-12-32-14-16(4-11-21(32)33)22-30-15(2)23(31-22,17-5-8-19(25)9-6-17)18-7-10-20(29-13-18)24(26,27)28/h4-11,13-15H,3,12H2,1-2H3,(H,30,31)/t15-,23+/m0/s1. The van der Waals surface area contributed by atoms with Gasteiger partial charge in [-0.25, -0.2) is 4.39 Å². The minimum absolute atomic E-state index is 0.135. The molecule has 0 saturated carbocycles. The van der Waals surface area contributed by atoms with Crippen LogP contribution in [0.4, 0.5) is 17.6 Å². The van der Waals surface area contributed by atoms with E-state index in [1.54, 1.807) is 29.0 Å². The van der Waals surface area contributed by atoms with Gasteiger partial charge in [0.05, 0.1) is 6.04 Å². The van der Waals surface area contributed by atoms with Crippen molar-refractivity contribution in [2.75, 3.05) is 0 Å². The van der Waals surface area contributed by atoms with Gasteiger partial charge < -0.3 is 9.88 Å². The minimum Gasteiger partial charge on any atom is -0.354 e. The van der Waals surface area contributed by atoms with E-state index >= 15 is 0 Å². The Morgan fingerprint density at radius 3 is 2.36 bits per heavy atom. The van der Waals surface area contributed by atoms with Crippen molar-refractivity contribution in [3.05, 3.63) is 99.5 Å². The van der Waals surface area contributed by atoms with E-state index in [2.05, 4.69) is 10.3 Å². The zero-order valence-corrected chi connectivity index (χ0v) is 18.0.